The molecule has 0 bridgehead atoms. The maximum Gasteiger partial charge on any atom is 0.492 e. The summed E-state index contributed by atoms with van der Waals surface area (Å²) in [6.45, 7) is 3.47. The zero-order chi connectivity index (χ0) is 20.1. The lowest BCUT2D eigenvalue weighted by molar-refractivity contribution is -0.138. The summed E-state index contributed by atoms with van der Waals surface area (Å²) < 4.78 is 59.0. The van der Waals surface area contributed by atoms with Crippen LogP contribution in [0.5, 0.6) is 0 Å². The Morgan fingerprint density at radius 2 is 1.93 bits per heavy atom. The topological polar surface area (TPSA) is 58.6 Å². The molecule has 0 unspecified atom stereocenters. The second-order valence-electron chi connectivity index (χ2n) is 6.52. The summed E-state index contributed by atoms with van der Waals surface area (Å²) in [5.41, 5.74) is -2.30. The molecular formula is C17H13BClF4NO3. The van der Waals surface area contributed by atoms with Gasteiger partial charge in [-0.15, -0.1) is 0 Å². The van der Waals surface area contributed by atoms with Crippen molar-refractivity contribution in [2.24, 2.45) is 0 Å². The van der Waals surface area contributed by atoms with Crippen molar-refractivity contribution in [3.05, 3.63) is 57.9 Å². The van der Waals surface area contributed by atoms with Crippen LogP contribution in [0.2, 0.25) is 5.02 Å². The molecule has 0 aromatic heterocycles. The minimum Gasteiger partial charge on any atom is -0.423 e. The standard InChI is InChI=1S/C17H13BClF4NO3/c1-16(2)9-4-3-8(7-11(9)18(26)27-16)24-15(25)13-10(17(21,22)23)5-6-12(19)14(13)20/h3-7,26H,1-2H3,(H,24,25). The van der Waals surface area contributed by atoms with E-state index < -0.39 is 46.8 Å². The number of amides is 1. The first kappa shape index (κ1) is 19.7. The Morgan fingerprint density at radius 1 is 1.26 bits per heavy atom. The Kier molecular flexibility index (Phi) is 4.74. The molecule has 2 aromatic rings. The van der Waals surface area contributed by atoms with Gasteiger partial charge < -0.3 is 15.0 Å². The van der Waals surface area contributed by atoms with Crippen LogP contribution in [0.15, 0.2) is 30.3 Å². The van der Waals surface area contributed by atoms with E-state index in [0.717, 1.165) is 6.07 Å². The van der Waals surface area contributed by atoms with Crippen LogP contribution in [0.3, 0.4) is 0 Å². The van der Waals surface area contributed by atoms with Gasteiger partial charge in [0.15, 0.2) is 5.82 Å². The zero-order valence-corrected chi connectivity index (χ0v) is 14.9. The molecule has 0 atom stereocenters. The molecule has 4 nitrogen and oxygen atoms in total. The maximum atomic E-state index is 14.2. The largest absolute Gasteiger partial charge is 0.492 e. The van der Waals surface area contributed by atoms with Crippen molar-refractivity contribution in [2.45, 2.75) is 25.6 Å². The Balaban J connectivity index is 1.98. The molecule has 2 N–H and O–H groups in total. The second kappa shape index (κ2) is 6.51. The minimum absolute atomic E-state index is 0.0756. The van der Waals surface area contributed by atoms with Crippen LogP contribution >= 0.6 is 11.6 Å². The number of carbonyl (C=O) groups excluding carboxylic acids is 1. The van der Waals surface area contributed by atoms with Gasteiger partial charge in [0.1, 0.15) is 0 Å². The van der Waals surface area contributed by atoms with E-state index in [4.69, 9.17) is 16.3 Å². The Hall–Kier alpha value is -2.10. The average Bonchev–Trinajstić information content (AvgIpc) is 2.77. The molecule has 142 valence electrons. The summed E-state index contributed by atoms with van der Waals surface area (Å²) in [6, 6.07) is 5.64. The van der Waals surface area contributed by atoms with Gasteiger partial charge in [-0.25, -0.2) is 4.39 Å². The van der Waals surface area contributed by atoms with Crippen molar-refractivity contribution in [2.75, 3.05) is 5.32 Å². The van der Waals surface area contributed by atoms with Crippen molar-refractivity contribution in [1.29, 1.82) is 0 Å². The van der Waals surface area contributed by atoms with Crippen LogP contribution in [0.4, 0.5) is 23.2 Å². The first-order valence-electron chi connectivity index (χ1n) is 7.78. The van der Waals surface area contributed by atoms with Crippen molar-refractivity contribution < 1.29 is 32.0 Å². The number of hydrogen-bond donors (Lipinski definition) is 2. The van der Waals surface area contributed by atoms with E-state index in [2.05, 4.69) is 5.32 Å². The van der Waals surface area contributed by atoms with E-state index in [9.17, 15) is 27.4 Å². The van der Waals surface area contributed by atoms with Crippen molar-refractivity contribution >= 4 is 35.8 Å². The predicted molar refractivity (Wildman–Crippen MR) is 92.5 cm³/mol. The van der Waals surface area contributed by atoms with Gasteiger partial charge in [-0.2, -0.15) is 13.2 Å². The molecule has 1 heterocycles. The fourth-order valence-electron chi connectivity index (χ4n) is 3.00. The van der Waals surface area contributed by atoms with Gasteiger partial charge in [0.05, 0.1) is 21.8 Å². The Bertz CT molecular complexity index is 933. The smallest absolute Gasteiger partial charge is 0.423 e. The highest BCUT2D eigenvalue weighted by Crippen LogP contribution is 2.36. The number of benzene rings is 2. The number of halogens is 5. The van der Waals surface area contributed by atoms with Crippen LogP contribution in [-0.4, -0.2) is 18.0 Å². The van der Waals surface area contributed by atoms with Crippen LogP contribution in [0.25, 0.3) is 0 Å². The predicted octanol–water partition coefficient (Wildman–Crippen LogP) is 3.70. The molecule has 0 spiro atoms. The van der Waals surface area contributed by atoms with E-state index in [0.29, 0.717) is 17.1 Å². The zero-order valence-electron chi connectivity index (χ0n) is 14.1. The quantitative estimate of drug-likeness (QED) is 0.596. The third kappa shape index (κ3) is 3.54. The highest BCUT2D eigenvalue weighted by Gasteiger charge is 2.41. The molecule has 1 aliphatic rings. The van der Waals surface area contributed by atoms with E-state index >= 15 is 0 Å². The molecule has 1 aliphatic heterocycles. The molecule has 0 fully saturated rings. The third-order valence-corrected chi connectivity index (χ3v) is 4.55. The SMILES string of the molecule is CC1(C)OB(O)c2cc(NC(=O)c3c(C(F)(F)F)ccc(Cl)c3F)ccc21. The summed E-state index contributed by atoms with van der Waals surface area (Å²) >= 11 is 5.54. The summed E-state index contributed by atoms with van der Waals surface area (Å²) in [6.07, 6.45) is -4.94. The first-order valence-corrected chi connectivity index (χ1v) is 8.16. The summed E-state index contributed by atoms with van der Waals surface area (Å²) in [5, 5.41) is 11.6. The van der Waals surface area contributed by atoms with Crippen LogP contribution in [0.1, 0.15) is 35.3 Å². The van der Waals surface area contributed by atoms with Crippen LogP contribution < -0.4 is 10.8 Å². The van der Waals surface area contributed by atoms with Crippen molar-refractivity contribution in [1.82, 2.24) is 0 Å². The maximum absolute atomic E-state index is 14.2. The van der Waals surface area contributed by atoms with Gasteiger partial charge >= 0.3 is 13.3 Å². The molecule has 0 aliphatic carbocycles. The minimum atomic E-state index is -4.94. The highest BCUT2D eigenvalue weighted by molar-refractivity contribution is 6.62. The molecule has 0 saturated carbocycles. The number of hydrogen-bond acceptors (Lipinski definition) is 3. The Labute approximate surface area is 157 Å². The molecule has 0 saturated heterocycles. The van der Waals surface area contributed by atoms with E-state index in [-0.39, 0.29) is 5.69 Å². The van der Waals surface area contributed by atoms with Gasteiger partial charge in [-0.3, -0.25) is 4.79 Å². The number of anilines is 1. The number of rotatable bonds is 2. The normalized spacial score (nSPS) is 15.6. The van der Waals surface area contributed by atoms with E-state index in [1.165, 1.54) is 12.1 Å². The van der Waals surface area contributed by atoms with Gasteiger partial charge in [0.2, 0.25) is 0 Å². The number of carbonyl (C=O) groups is 1. The van der Waals surface area contributed by atoms with Crippen LogP contribution in [-0.2, 0) is 16.4 Å². The molecule has 10 heteroatoms. The summed E-state index contributed by atoms with van der Waals surface area (Å²) in [7, 11) is -1.25. The average molecular weight is 402 g/mol. The van der Waals surface area contributed by atoms with Crippen LogP contribution in [0, 0.1) is 5.82 Å². The van der Waals surface area contributed by atoms with E-state index in [1.807, 2.05) is 0 Å². The first-order chi connectivity index (χ1) is 12.4. The molecule has 3 rings (SSSR count). The highest BCUT2D eigenvalue weighted by atomic mass is 35.5. The lowest BCUT2D eigenvalue weighted by Crippen LogP contribution is -2.29. The molecule has 27 heavy (non-hydrogen) atoms. The fraction of sp³-hybridized carbons (Fsp3) is 0.235. The number of fused-ring (bicyclic) bond motifs is 1. The Morgan fingerprint density at radius 3 is 2.56 bits per heavy atom. The van der Waals surface area contributed by atoms with Gasteiger partial charge in [0.25, 0.3) is 5.91 Å². The van der Waals surface area contributed by atoms with Crippen molar-refractivity contribution in [3.63, 3.8) is 0 Å². The second-order valence-corrected chi connectivity index (χ2v) is 6.93. The number of nitrogens with one attached hydrogen (secondary N) is 1. The third-order valence-electron chi connectivity index (χ3n) is 4.26. The summed E-state index contributed by atoms with van der Waals surface area (Å²) in [4.78, 5) is 12.4. The van der Waals surface area contributed by atoms with Gasteiger partial charge in [0, 0.05) is 5.69 Å². The van der Waals surface area contributed by atoms with Crippen molar-refractivity contribution in [3.8, 4) is 0 Å². The lowest BCUT2D eigenvalue weighted by atomic mass is 9.78. The van der Waals surface area contributed by atoms with Gasteiger partial charge in [-0.05, 0) is 49.1 Å². The molecular weight excluding hydrogens is 388 g/mol. The van der Waals surface area contributed by atoms with Gasteiger partial charge in [-0.1, -0.05) is 17.7 Å². The monoisotopic (exact) mass is 401 g/mol. The molecule has 0 radical (unpaired) electrons. The molecule has 2 aromatic carbocycles. The number of alkyl halides is 3. The fourth-order valence-corrected chi connectivity index (χ4v) is 3.16. The molecule has 1 amide bonds. The summed E-state index contributed by atoms with van der Waals surface area (Å²) in [5.74, 6) is -2.77. The lowest BCUT2D eigenvalue weighted by Gasteiger charge is -2.19. The van der Waals surface area contributed by atoms with E-state index in [1.54, 1.807) is 19.9 Å².